The average Bonchev–Trinajstić information content (AvgIpc) is 2.92. The van der Waals surface area contributed by atoms with E-state index in [0.29, 0.717) is 16.7 Å². The summed E-state index contributed by atoms with van der Waals surface area (Å²) in [6.07, 6.45) is -0.0406. The molecule has 196 valence electrons. The number of amides is 2. The molecule has 12 heteroatoms. The summed E-state index contributed by atoms with van der Waals surface area (Å²) in [6.45, 7) is 0. The summed E-state index contributed by atoms with van der Waals surface area (Å²) >= 11 is 0. The molecule has 0 unspecified atom stereocenters. The molecular weight excluding hydrogens is 496 g/mol. The number of carbonyl (C=O) groups is 3. The number of nitrogens with zero attached hydrogens (tertiary/aromatic N) is 2. The van der Waals surface area contributed by atoms with E-state index in [2.05, 4.69) is 10.6 Å². The Labute approximate surface area is 216 Å². The molecule has 0 saturated carbocycles. The zero-order valence-corrected chi connectivity index (χ0v) is 20.2. The third-order valence-corrected chi connectivity index (χ3v) is 5.63. The lowest BCUT2D eigenvalue weighted by Crippen LogP contribution is -2.53. The summed E-state index contributed by atoms with van der Waals surface area (Å²) in [5.41, 5.74) is 1.13. The van der Waals surface area contributed by atoms with Crippen LogP contribution in [0.15, 0.2) is 78.9 Å². The molecular formula is C26H24N4O8. The molecule has 3 aromatic carbocycles. The van der Waals surface area contributed by atoms with Crippen molar-refractivity contribution in [3.63, 3.8) is 0 Å². The summed E-state index contributed by atoms with van der Waals surface area (Å²) < 4.78 is 4.82. The second-order valence-corrected chi connectivity index (χ2v) is 8.23. The maximum absolute atomic E-state index is 13.3. The van der Waals surface area contributed by atoms with E-state index in [1.807, 2.05) is 0 Å². The molecule has 3 rings (SSSR count). The van der Waals surface area contributed by atoms with Crippen molar-refractivity contribution in [3.05, 3.63) is 116 Å². The molecule has 38 heavy (non-hydrogen) atoms. The quantitative estimate of drug-likeness (QED) is 0.221. The number of nitro benzene ring substituents is 2. The highest BCUT2D eigenvalue weighted by molar-refractivity contribution is 5.98. The first-order valence-electron chi connectivity index (χ1n) is 11.4. The monoisotopic (exact) mass is 520 g/mol. The van der Waals surface area contributed by atoms with Gasteiger partial charge in [0.25, 0.3) is 17.3 Å². The van der Waals surface area contributed by atoms with Crippen molar-refractivity contribution in [3.8, 4) is 0 Å². The third kappa shape index (κ3) is 7.43. The summed E-state index contributed by atoms with van der Waals surface area (Å²) in [7, 11) is 1.16. The molecule has 0 saturated heterocycles. The smallest absolute Gasteiger partial charge is 0.328 e. The van der Waals surface area contributed by atoms with Gasteiger partial charge in [0.2, 0.25) is 5.91 Å². The number of benzene rings is 3. The number of carbonyl (C=O) groups excluding carboxylic acids is 3. The fraction of sp³-hybridized carbons (Fsp3) is 0.192. The van der Waals surface area contributed by atoms with Crippen molar-refractivity contribution in [1.29, 1.82) is 0 Å². The third-order valence-electron chi connectivity index (χ3n) is 5.63. The predicted molar refractivity (Wildman–Crippen MR) is 135 cm³/mol. The van der Waals surface area contributed by atoms with Crippen molar-refractivity contribution in [2.24, 2.45) is 0 Å². The molecule has 0 aliphatic heterocycles. The molecule has 0 heterocycles. The molecule has 2 N–H and O–H groups in total. The first kappa shape index (κ1) is 27.5. The maximum atomic E-state index is 13.3. The van der Waals surface area contributed by atoms with Gasteiger partial charge < -0.3 is 15.4 Å². The Morgan fingerprint density at radius 1 is 0.737 bits per heavy atom. The van der Waals surface area contributed by atoms with E-state index in [9.17, 15) is 34.6 Å². The minimum absolute atomic E-state index is 0.0200. The van der Waals surface area contributed by atoms with Crippen LogP contribution in [0.3, 0.4) is 0 Å². The fourth-order valence-electron chi connectivity index (χ4n) is 3.63. The van der Waals surface area contributed by atoms with Gasteiger partial charge in [0, 0.05) is 42.7 Å². The normalized spacial score (nSPS) is 12.0. The molecule has 3 aromatic rings. The molecule has 0 radical (unpaired) electrons. The summed E-state index contributed by atoms with van der Waals surface area (Å²) in [5, 5.41) is 27.1. The summed E-state index contributed by atoms with van der Waals surface area (Å²) in [4.78, 5) is 59.4. The number of methoxy groups -OCH3 is 1. The van der Waals surface area contributed by atoms with E-state index in [-0.39, 0.29) is 24.2 Å². The number of hydrogen-bond donors (Lipinski definition) is 2. The molecule has 0 spiro atoms. The topological polar surface area (TPSA) is 171 Å². The predicted octanol–water partition coefficient (Wildman–Crippen LogP) is 2.74. The van der Waals surface area contributed by atoms with Gasteiger partial charge in [-0.15, -0.1) is 0 Å². The van der Waals surface area contributed by atoms with Crippen LogP contribution >= 0.6 is 0 Å². The first-order chi connectivity index (χ1) is 18.2. The maximum Gasteiger partial charge on any atom is 0.328 e. The minimum Gasteiger partial charge on any atom is -0.467 e. The molecule has 0 aliphatic carbocycles. The van der Waals surface area contributed by atoms with Crippen LogP contribution in [0.5, 0.6) is 0 Å². The Balaban J connectivity index is 1.82. The summed E-state index contributed by atoms with van der Waals surface area (Å²) in [5.74, 6) is -1.97. The number of hydrogen-bond acceptors (Lipinski definition) is 8. The highest BCUT2D eigenvalue weighted by atomic mass is 16.6. The number of nitrogens with one attached hydrogen (secondary N) is 2. The zero-order chi connectivity index (χ0) is 27.7. The highest BCUT2D eigenvalue weighted by Crippen LogP contribution is 2.16. The van der Waals surface area contributed by atoms with Gasteiger partial charge in [0.1, 0.15) is 12.1 Å². The van der Waals surface area contributed by atoms with Crippen molar-refractivity contribution >= 4 is 29.2 Å². The van der Waals surface area contributed by atoms with E-state index >= 15 is 0 Å². The van der Waals surface area contributed by atoms with Crippen LogP contribution in [0.2, 0.25) is 0 Å². The Kier molecular flexibility index (Phi) is 9.19. The van der Waals surface area contributed by atoms with Crippen LogP contribution < -0.4 is 10.6 Å². The van der Waals surface area contributed by atoms with Crippen molar-refractivity contribution < 1.29 is 29.0 Å². The Morgan fingerprint density at radius 2 is 1.21 bits per heavy atom. The highest BCUT2D eigenvalue weighted by Gasteiger charge is 2.28. The van der Waals surface area contributed by atoms with Crippen LogP contribution in [0.4, 0.5) is 11.4 Å². The van der Waals surface area contributed by atoms with E-state index in [1.165, 1.54) is 48.5 Å². The van der Waals surface area contributed by atoms with Crippen molar-refractivity contribution in [1.82, 2.24) is 10.6 Å². The number of rotatable bonds is 11. The number of nitro groups is 2. The number of esters is 1. The van der Waals surface area contributed by atoms with Gasteiger partial charge >= 0.3 is 5.97 Å². The molecule has 0 fully saturated rings. The van der Waals surface area contributed by atoms with Crippen LogP contribution in [-0.2, 0) is 27.2 Å². The van der Waals surface area contributed by atoms with Crippen LogP contribution in [0.25, 0.3) is 0 Å². The number of non-ortho nitro benzene ring substituents is 2. The van der Waals surface area contributed by atoms with E-state index in [0.717, 1.165) is 7.11 Å². The van der Waals surface area contributed by atoms with E-state index in [4.69, 9.17) is 4.74 Å². The SMILES string of the molecule is COC(=O)[C@H](Cc1ccc([N+](=O)[O-])cc1)NC(=O)[C@H](Cc1ccc([N+](=O)[O-])cc1)NC(=O)c1ccccc1. The second-order valence-electron chi connectivity index (χ2n) is 8.23. The minimum atomic E-state index is -1.15. The Bertz CT molecular complexity index is 1310. The van der Waals surface area contributed by atoms with E-state index < -0.39 is 39.7 Å². The fourth-order valence-corrected chi connectivity index (χ4v) is 3.63. The number of ether oxygens (including phenoxy) is 1. The van der Waals surface area contributed by atoms with Crippen molar-refractivity contribution in [2.45, 2.75) is 24.9 Å². The van der Waals surface area contributed by atoms with Crippen LogP contribution in [-0.4, -0.2) is 46.8 Å². The van der Waals surface area contributed by atoms with E-state index in [1.54, 1.807) is 30.3 Å². The molecule has 12 nitrogen and oxygen atoms in total. The largest absolute Gasteiger partial charge is 0.467 e. The molecule has 2 amide bonds. The lowest BCUT2D eigenvalue weighted by molar-refractivity contribution is -0.385. The molecule has 2 atom stereocenters. The second kappa shape index (κ2) is 12.7. The van der Waals surface area contributed by atoms with Gasteiger partial charge in [-0.05, 0) is 23.3 Å². The zero-order valence-electron chi connectivity index (χ0n) is 20.2. The van der Waals surface area contributed by atoms with Gasteiger partial charge in [-0.2, -0.15) is 0 Å². The first-order valence-corrected chi connectivity index (χ1v) is 11.4. The lowest BCUT2D eigenvalue weighted by atomic mass is 10.0. The van der Waals surface area contributed by atoms with Crippen molar-refractivity contribution in [2.75, 3.05) is 7.11 Å². The van der Waals surface area contributed by atoms with Gasteiger partial charge in [0.05, 0.1) is 17.0 Å². The molecule has 0 bridgehead atoms. The Morgan fingerprint density at radius 3 is 1.66 bits per heavy atom. The summed E-state index contributed by atoms with van der Waals surface area (Å²) in [6, 6.07) is 16.9. The van der Waals surface area contributed by atoms with Crippen LogP contribution in [0.1, 0.15) is 21.5 Å². The van der Waals surface area contributed by atoms with Gasteiger partial charge in [-0.25, -0.2) is 4.79 Å². The van der Waals surface area contributed by atoms with Gasteiger partial charge in [0.15, 0.2) is 0 Å². The molecule has 0 aromatic heterocycles. The van der Waals surface area contributed by atoms with Gasteiger partial charge in [-0.3, -0.25) is 29.8 Å². The van der Waals surface area contributed by atoms with Gasteiger partial charge in [-0.1, -0.05) is 42.5 Å². The Hall–Kier alpha value is -5.13. The lowest BCUT2D eigenvalue weighted by Gasteiger charge is -2.22. The standard InChI is InChI=1S/C26H24N4O8/c1-38-26(33)23(16-18-9-13-21(14-10-18)30(36)37)28-25(32)22(27-24(31)19-5-3-2-4-6-19)15-17-7-11-20(12-8-17)29(34)35/h2-14,22-23H,15-16H2,1H3,(H,27,31)(H,28,32)/t22-,23-/m0/s1. The molecule has 0 aliphatic rings. The van der Waals surface area contributed by atoms with Crippen LogP contribution in [0, 0.1) is 20.2 Å². The average molecular weight is 520 g/mol.